The maximum Gasteiger partial charge on any atom is 0.225 e. The van der Waals surface area contributed by atoms with E-state index in [-0.39, 0.29) is 5.92 Å². The summed E-state index contributed by atoms with van der Waals surface area (Å²) in [5, 5.41) is 14.4. The molecule has 186 valence electrons. The fourth-order valence-corrected chi connectivity index (χ4v) is 5.45. The average Bonchev–Trinajstić information content (AvgIpc) is 3.62. The van der Waals surface area contributed by atoms with Crippen LogP contribution in [-0.4, -0.2) is 58.4 Å². The summed E-state index contributed by atoms with van der Waals surface area (Å²) in [6.45, 7) is 6.92. The number of likely N-dealkylation sites (tertiary alicyclic amines) is 2. The lowest BCUT2D eigenvalue weighted by Crippen LogP contribution is -2.41. The van der Waals surface area contributed by atoms with Crippen LogP contribution in [0.5, 0.6) is 0 Å². The molecule has 2 fully saturated rings. The number of pyridine rings is 1. The molecule has 0 saturated carbocycles. The molecule has 2 N–H and O–H groups in total. The normalized spacial score (nSPS) is 17.2. The van der Waals surface area contributed by atoms with Gasteiger partial charge in [0.15, 0.2) is 0 Å². The Morgan fingerprint density at radius 2 is 2.00 bits per heavy atom. The molecule has 2 aromatic heterocycles. The van der Waals surface area contributed by atoms with Gasteiger partial charge in [-0.1, -0.05) is 12.2 Å². The number of piperidine rings is 1. The van der Waals surface area contributed by atoms with Crippen molar-refractivity contribution in [2.24, 2.45) is 5.92 Å². The van der Waals surface area contributed by atoms with Crippen molar-refractivity contribution in [1.82, 2.24) is 19.8 Å². The fraction of sp³-hybridized carbons (Fsp3) is 0.414. The maximum absolute atomic E-state index is 12.7. The van der Waals surface area contributed by atoms with Crippen molar-refractivity contribution in [3.05, 3.63) is 59.6 Å². The summed E-state index contributed by atoms with van der Waals surface area (Å²) < 4.78 is 0. The summed E-state index contributed by atoms with van der Waals surface area (Å²) in [6, 6.07) is 8.44. The van der Waals surface area contributed by atoms with E-state index in [4.69, 9.17) is 0 Å². The molecular formula is C29H34N6O. The highest BCUT2D eigenvalue weighted by Gasteiger charge is 2.29. The number of carbonyl (C=O) groups excluding carboxylic acids is 1. The first-order valence-electron chi connectivity index (χ1n) is 13.0. The standard InChI is InChI=1S/C29H34N6O/c1-21-25-9-12-32-27(25)8-7-26(21)33-28-23(19-31-20-24(28)18-30)6-2-3-13-34-16-10-22(11-17-34)29(36)35-14-4-5-15-35/h2,6-9,12,19-20,22,32H,3-5,10-11,13-17H2,1H3,(H,31,33)/b6-2+. The Hall–Kier alpha value is -3.63. The maximum atomic E-state index is 12.7. The largest absolute Gasteiger partial charge is 0.361 e. The molecule has 0 atom stereocenters. The van der Waals surface area contributed by atoms with E-state index >= 15 is 0 Å². The first-order chi connectivity index (χ1) is 17.6. The Morgan fingerprint density at radius 3 is 2.78 bits per heavy atom. The number of nitriles is 1. The molecule has 0 bridgehead atoms. The van der Waals surface area contributed by atoms with Crippen LogP contribution >= 0.6 is 0 Å². The third kappa shape index (κ3) is 5.14. The van der Waals surface area contributed by atoms with Gasteiger partial charge in [0.05, 0.1) is 11.3 Å². The van der Waals surface area contributed by atoms with Gasteiger partial charge in [-0.2, -0.15) is 5.26 Å². The molecule has 1 amide bonds. The first kappa shape index (κ1) is 24.1. The zero-order chi connectivity index (χ0) is 24.9. The highest BCUT2D eigenvalue weighted by molar-refractivity contribution is 5.90. The van der Waals surface area contributed by atoms with Gasteiger partial charge < -0.3 is 20.1 Å². The van der Waals surface area contributed by atoms with Gasteiger partial charge in [-0.05, 0) is 75.9 Å². The van der Waals surface area contributed by atoms with Crippen LogP contribution in [0.3, 0.4) is 0 Å². The fourth-order valence-electron chi connectivity index (χ4n) is 5.45. The molecule has 0 spiro atoms. The van der Waals surface area contributed by atoms with Crippen molar-refractivity contribution in [3.8, 4) is 6.07 Å². The molecule has 2 saturated heterocycles. The Kier molecular flexibility index (Phi) is 7.33. The van der Waals surface area contributed by atoms with Crippen molar-refractivity contribution < 1.29 is 4.79 Å². The van der Waals surface area contributed by atoms with Crippen LogP contribution in [0.2, 0.25) is 0 Å². The molecule has 0 radical (unpaired) electrons. The smallest absolute Gasteiger partial charge is 0.225 e. The van der Waals surface area contributed by atoms with Gasteiger partial charge in [0.25, 0.3) is 0 Å². The number of aromatic amines is 1. The van der Waals surface area contributed by atoms with Gasteiger partial charge in [-0.3, -0.25) is 9.78 Å². The monoisotopic (exact) mass is 482 g/mol. The van der Waals surface area contributed by atoms with Crippen molar-refractivity contribution in [2.75, 3.05) is 38.0 Å². The second-order valence-electron chi connectivity index (χ2n) is 9.90. The van der Waals surface area contributed by atoms with Crippen LogP contribution in [0.25, 0.3) is 17.0 Å². The molecule has 2 aliphatic rings. The number of H-pyrrole nitrogens is 1. The molecule has 0 unspecified atom stereocenters. The minimum Gasteiger partial charge on any atom is -0.361 e. The first-order valence-corrected chi connectivity index (χ1v) is 13.0. The molecule has 4 heterocycles. The van der Waals surface area contributed by atoms with Crippen LogP contribution < -0.4 is 5.32 Å². The molecular weight excluding hydrogens is 448 g/mol. The summed E-state index contributed by atoms with van der Waals surface area (Å²) in [5.74, 6) is 0.583. The highest BCUT2D eigenvalue weighted by Crippen LogP contribution is 2.31. The van der Waals surface area contributed by atoms with Gasteiger partial charge in [0.1, 0.15) is 6.07 Å². The van der Waals surface area contributed by atoms with Crippen molar-refractivity contribution >= 4 is 34.3 Å². The van der Waals surface area contributed by atoms with Gasteiger partial charge >= 0.3 is 0 Å². The number of rotatable bonds is 7. The summed E-state index contributed by atoms with van der Waals surface area (Å²) in [6.07, 6.45) is 14.7. The Balaban J connectivity index is 1.20. The zero-order valence-electron chi connectivity index (χ0n) is 21.0. The van der Waals surface area contributed by atoms with E-state index in [0.717, 1.165) is 98.2 Å². The number of aryl methyl sites for hydroxylation is 1. The number of aromatic nitrogens is 2. The van der Waals surface area contributed by atoms with Crippen LogP contribution in [0, 0.1) is 24.2 Å². The van der Waals surface area contributed by atoms with Gasteiger partial charge in [0, 0.05) is 66.3 Å². The lowest BCUT2D eigenvalue weighted by Gasteiger charge is -2.32. The van der Waals surface area contributed by atoms with E-state index in [9.17, 15) is 10.1 Å². The third-order valence-corrected chi connectivity index (χ3v) is 7.62. The molecule has 3 aromatic rings. The van der Waals surface area contributed by atoms with E-state index in [0.29, 0.717) is 11.5 Å². The number of benzene rings is 1. The summed E-state index contributed by atoms with van der Waals surface area (Å²) in [7, 11) is 0. The van der Waals surface area contributed by atoms with Gasteiger partial charge in [-0.25, -0.2) is 0 Å². The van der Waals surface area contributed by atoms with E-state index in [1.54, 1.807) is 12.4 Å². The quantitative estimate of drug-likeness (QED) is 0.482. The third-order valence-electron chi connectivity index (χ3n) is 7.62. The molecule has 0 aliphatic carbocycles. The van der Waals surface area contributed by atoms with Crippen molar-refractivity contribution in [1.29, 1.82) is 5.26 Å². The Labute approximate surface area is 212 Å². The van der Waals surface area contributed by atoms with Gasteiger partial charge in [-0.15, -0.1) is 0 Å². The summed E-state index contributed by atoms with van der Waals surface area (Å²) in [5.41, 5.74) is 5.41. The molecule has 7 heteroatoms. The number of carbonyl (C=O) groups is 1. The summed E-state index contributed by atoms with van der Waals surface area (Å²) >= 11 is 0. The molecule has 1 aromatic carbocycles. The SMILES string of the molecule is Cc1c(Nc2c(C#N)cncc2/C=C/CCN2CCC(C(=O)N3CCCC3)CC2)ccc2[nH]ccc12. The lowest BCUT2D eigenvalue weighted by molar-refractivity contribution is -0.135. The molecule has 7 nitrogen and oxygen atoms in total. The second kappa shape index (κ2) is 11.0. The van der Waals surface area contributed by atoms with Crippen LogP contribution in [0.4, 0.5) is 11.4 Å². The Bertz CT molecular complexity index is 1290. The number of fused-ring (bicyclic) bond motifs is 1. The van der Waals surface area contributed by atoms with E-state index in [2.05, 4.69) is 62.4 Å². The summed E-state index contributed by atoms with van der Waals surface area (Å²) in [4.78, 5) is 24.7. The Morgan fingerprint density at radius 1 is 1.19 bits per heavy atom. The number of nitrogens with zero attached hydrogens (tertiary/aromatic N) is 4. The van der Waals surface area contributed by atoms with E-state index in [1.165, 1.54) is 0 Å². The highest BCUT2D eigenvalue weighted by atomic mass is 16.2. The predicted octanol–water partition coefficient (Wildman–Crippen LogP) is 5.22. The van der Waals surface area contributed by atoms with E-state index in [1.807, 2.05) is 12.3 Å². The number of hydrogen-bond donors (Lipinski definition) is 2. The van der Waals surface area contributed by atoms with Crippen molar-refractivity contribution in [3.63, 3.8) is 0 Å². The van der Waals surface area contributed by atoms with Crippen LogP contribution in [0.1, 0.15) is 48.8 Å². The zero-order valence-corrected chi connectivity index (χ0v) is 21.0. The van der Waals surface area contributed by atoms with Gasteiger partial charge in [0.2, 0.25) is 5.91 Å². The van der Waals surface area contributed by atoms with E-state index < -0.39 is 0 Å². The molecule has 5 rings (SSSR count). The average molecular weight is 483 g/mol. The lowest BCUT2D eigenvalue weighted by atomic mass is 9.95. The number of nitrogens with one attached hydrogen (secondary N) is 2. The number of hydrogen-bond acceptors (Lipinski definition) is 5. The van der Waals surface area contributed by atoms with Crippen molar-refractivity contribution in [2.45, 2.75) is 39.0 Å². The topological polar surface area (TPSA) is 88.1 Å². The minimum absolute atomic E-state index is 0.206. The molecule has 36 heavy (non-hydrogen) atoms. The number of amides is 1. The minimum atomic E-state index is 0.206. The van der Waals surface area contributed by atoms with Crippen LogP contribution in [-0.2, 0) is 4.79 Å². The van der Waals surface area contributed by atoms with Crippen LogP contribution in [0.15, 0.2) is 42.9 Å². The second-order valence-corrected chi connectivity index (χ2v) is 9.90. The predicted molar refractivity (Wildman–Crippen MR) is 144 cm³/mol. The number of anilines is 2. The molecule has 2 aliphatic heterocycles.